The Morgan fingerprint density at radius 2 is 1.75 bits per heavy atom. The van der Waals surface area contributed by atoms with Gasteiger partial charge in [-0.15, -0.1) is 10.2 Å². The zero-order valence-corrected chi connectivity index (χ0v) is 16.5. The smallest absolute Gasteiger partial charge is 0.225 e. The zero-order chi connectivity index (χ0) is 19.1. The van der Waals surface area contributed by atoms with E-state index in [4.69, 9.17) is 0 Å². The summed E-state index contributed by atoms with van der Waals surface area (Å²) in [6.07, 6.45) is 8.36. The van der Waals surface area contributed by atoms with Crippen LogP contribution in [0.4, 0.5) is 5.95 Å². The van der Waals surface area contributed by atoms with Gasteiger partial charge in [0.15, 0.2) is 5.82 Å². The van der Waals surface area contributed by atoms with Crippen LogP contribution in [0.3, 0.4) is 0 Å². The van der Waals surface area contributed by atoms with E-state index >= 15 is 0 Å². The minimum Gasteiger partial charge on any atom is -0.341 e. The Balaban J connectivity index is 1.33. The quantitative estimate of drug-likeness (QED) is 0.679. The van der Waals surface area contributed by atoms with Gasteiger partial charge in [0.05, 0.1) is 0 Å². The molecule has 0 spiro atoms. The molecule has 8 heteroatoms. The molecule has 0 amide bonds. The highest BCUT2D eigenvalue weighted by Crippen LogP contribution is 2.40. The summed E-state index contributed by atoms with van der Waals surface area (Å²) >= 11 is 0. The van der Waals surface area contributed by atoms with E-state index in [2.05, 4.69) is 34.7 Å². The van der Waals surface area contributed by atoms with Crippen LogP contribution < -0.4 is 4.90 Å². The van der Waals surface area contributed by atoms with Gasteiger partial charge in [-0.1, -0.05) is 0 Å². The van der Waals surface area contributed by atoms with Crippen molar-refractivity contribution in [2.45, 2.75) is 58.0 Å². The molecule has 1 aliphatic heterocycles. The van der Waals surface area contributed by atoms with Gasteiger partial charge >= 0.3 is 0 Å². The van der Waals surface area contributed by atoms with Crippen LogP contribution in [-0.2, 0) is 6.54 Å². The predicted molar refractivity (Wildman–Crippen MR) is 105 cm³/mol. The molecule has 3 aromatic heterocycles. The third-order valence-corrected chi connectivity index (χ3v) is 5.68. The summed E-state index contributed by atoms with van der Waals surface area (Å²) in [5.41, 5.74) is 2.06. The van der Waals surface area contributed by atoms with Crippen LogP contribution in [0.5, 0.6) is 0 Å². The number of nitrogens with zero attached hydrogens (tertiary/aromatic N) is 8. The number of anilines is 1. The lowest BCUT2D eigenvalue weighted by atomic mass is 9.96. The fourth-order valence-corrected chi connectivity index (χ4v) is 4.18. The number of rotatable bonds is 5. The fourth-order valence-electron chi connectivity index (χ4n) is 4.18. The van der Waals surface area contributed by atoms with Crippen LogP contribution in [0.2, 0.25) is 0 Å². The average Bonchev–Trinajstić information content (AvgIpc) is 3.22. The summed E-state index contributed by atoms with van der Waals surface area (Å²) in [6, 6.07) is 4.54. The van der Waals surface area contributed by atoms with E-state index in [1.165, 1.54) is 12.8 Å². The van der Waals surface area contributed by atoms with Gasteiger partial charge < -0.3 is 9.47 Å². The highest BCUT2D eigenvalue weighted by molar-refractivity contribution is 5.33. The first-order valence-electron chi connectivity index (χ1n) is 10.2. The van der Waals surface area contributed by atoms with Crippen molar-refractivity contribution in [3.63, 3.8) is 0 Å². The Morgan fingerprint density at radius 1 is 1.00 bits per heavy atom. The van der Waals surface area contributed by atoms with Crippen molar-refractivity contribution in [3.8, 4) is 0 Å². The molecule has 4 heterocycles. The summed E-state index contributed by atoms with van der Waals surface area (Å²) in [7, 11) is 0. The van der Waals surface area contributed by atoms with Gasteiger partial charge in [0.2, 0.25) is 5.95 Å². The fraction of sp³-hybridized carbons (Fsp3) is 0.550. The largest absolute Gasteiger partial charge is 0.341 e. The summed E-state index contributed by atoms with van der Waals surface area (Å²) in [5.74, 6) is 3.49. The summed E-state index contributed by atoms with van der Waals surface area (Å²) in [6.45, 7) is 6.67. The van der Waals surface area contributed by atoms with Crippen LogP contribution in [0, 0.1) is 13.8 Å². The number of aryl methyl sites for hydroxylation is 2. The van der Waals surface area contributed by atoms with Crippen molar-refractivity contribution in [1.29, 1.82) is 0 Å². The van der Waals surface area contributed by atoms with E-state index in [-0.39, 0.29) is 0 Å². The van der Waals surface area contributed by atoms with Crippen molar-refractivity contribution in [2.75, 3.05) is 18.0 Å². The standard InChI is InChI=1S/C20H26N8/c1-14-12-15(2)23-20(22-14)26-10-6-16(7-11-26)19-25-24-18(28(19)17-4-5-17)13-27-9-3-8-21-27/h3,8-9,12,16-17H,4-7,10-11,13H2,1-2H3. The molecule has 1 saturated heterocycles. The number of piperidine rings is 1. The topological polar surface area (TPSA) is 77.5 Å². The lowest BCUT2D eigenvalue weighted by Crippen LogP contribution is -2.35. The number of hydrogen-bond donors (Lipinski definition) is 0. The molecule has 0 bridgehead atoms. The Labute approximate surface area is 164 Å². The van der Waals surface area contributed by atoms with Gasteiger partial charge in [0, 0.05) is 48.8 Å². The van der Waals surface area contributed by atoms with E-state index in [0.29, 0.717) is 18.5 Å². The lowest BCUT2D eigenvalue weighted by molar-refractivity contribution is 0.456. The molecule has 1 saturated carbocycles. The normalized spacial score (nSPS) is 18.0. The van der Waals surface area contributed by atoms with Crippen LogP contribution in [0.15, 0.2) is 24.5 Å². The molecular formula is C20H26N8. The van der Waals surface area contributed by atoms with Crippen molar-refractivity contribution in [3.05, 3.63) is 47.6 Å². The molecule has 0 N–H and O–H groups in total. The van der Waals surface area contributed by atoms with E-state index < -0.39 is 0 Å². The van der Waals surface area contributed by atoms with Crippen LogP contribution in [0.1, 0.15) is 60.7 Å². The third kappa shape index (κ3) is 3.39. The number of hydrogen-bond acceptors (Lipinski definition) is 6. The van der Waals surface area contributed by atoms with E-state index in [1.54, 1.807) is 0 Å². The minimum absolute atomic E-state index is 0.446. The minimum atomic E-state index is 0.446. The molecule has 5 rings (SSSR count). The van der Waals surface area contributed by atoms with Crippen LogP contribution >= 0.6 is 0 Å². The summed E-state index contributed by atoms with van der Waals surface area (Å²) in [5, 5.41) is 13.5. The first-order chi connectivity index (χ1) is 13.7. The van der Waals surface area contributed by atoms with Gasteiger partial charge in [-0.05, 0) is 51.7 Å². The molecule has 28 heavy (non-hydrogen) atoms. The molecule has 0 unspecified atom stereocenters. The maximum absolute atomic E-state index is 4.63. The Morgan fingerprint density at radius 3 is 2.39 bits per heavy atom. The van der Waals surface area contributed by atoms with Gasteiger partial charge in [-0.3, -0.25) is 4.68 Å². The van der Waals surface area contributed by atoms with Crippen molar-refractivity contribution >= 4 is 5.95 Å². The molecular weight excluding hydrogens is 352 g/mol. The van der Waals surface area contributed by atoms with Gasteiger partial charge in [0.25, 0.3) is 0 Å². The van der Waals surface area contributed by atoms with E-state index in [0.717, 1.165) is 54.9 Å². The molecule has 0 atom stereocenters. The van der Waals surface area contributed by atoms with Crippen molar-refractivity contribution < 1.29 is 0 Å². The average molecular weight is 378 g/mol. The first kappa shape index (κ1) is 17.3. The zero-order valence-electron chi connectivity index (χ0n) is 16.5. The van der Waals surface area contributed by atoms with Crippen LogP contribution in [0.25, 0.3) is 0 Å². The first-order valence-corrected chi connectivity index (χ1v) is 10.2. The van der Waals surface area contributed by atoms with Crippen LogP contribution in [-0.4, -0.2) is 47.6 Å². The van der Waals surface area contributed by atoms with Gasteiger partial charge in [0.1, 0.15) is 12.4 Å². The molecule has 2 aliphatic rings. The molecule has 146 valence electrons. The SMILES string of the molecule is Cc1cc(C)nc(N2CCC(c3nnc(Cn4cccn4)n3C3CC3)CC2)n1. The second kappa shape index (κ2) is 7.00. The number of aromatic nitrogens is 7. The Kier molecular flexibility index (Phi) is 4.33. The molecule has 2 fully saturated rings. The summed E-state index contributed by atoms with van der Waals surface area (Å²) in [4.78, 5) is 11.6. The maximum atomic E-state index is 4.63. The molecule has 1 aliphatic carbocycles. The second-order valence-corrected chi connectivity index (χ2v) is 7.99. The second-order valence-electron chi connectivity index (χ2n) is 7.99. The molecule has 8 nitrogen and oxygen atoms in total. The predicted octanol–water partition coefficient (Wildman–Crippen LogP) is 2.65. The van der Waals surface area contributed by atoms with Gasteiger partial charge in [-0.25, -0.2) is 9.97 Å². The third-order valence-electron chi connectivity index (χ3n) is 5.68. The highest BCUT2D eigenvalue weighted by Gasteiger charge is 2.34. The lowest BCUT2D eigenvalue weighted by Gasteiger charge is -2.32. The summed E-state index contributed by atoms with van der Waals surface area (Å²) < 4.78 is 4.32. The van der Waals surface area contributed by atoms with E-state index in [1.807, 2.05) is 43.1 Å². The van der Waals surface area contributed by atoms with Crippen molar-refractivity contribution in [2.24, 2.45) is 0 Å². The molecule has 3 aromatic rings. The maximum Gasteiger partial charge on any atom is 0.225 e. The molecule has 0 aromatic carbocycles. The Hall–Kier alpha value is -2.77. The van der Waals surface area contributed by atoms with Crippen molar-refractivity contribution in [1.82, 2.24) is 34.5 Å². The highest BCUT2D eigenvalue weighted by atomic mass is 15.3. The molecule has 0 radical (unpaired) electrons. The van der Waals surface area contributed by atoms with E-state index in [9.17, 15) is 0 Å². The van der Waals surface area contributed by atoms with Gasteiger partial charge in [-0.2, -0.15) is 5.10 Å². The Bertz CT molecular complexity index is 929. The monoisotopic (exact) mass is 378 g/mol.